The Balaban J connectivity index is 1.49. The Kier molecular flexibility index (Phi) is 7.16. The Morgan fingerprint density at radius 2 is 1.37 bits per heavy atom. The van der Waals surface area contributed by atoms with Crippen molar-refractivity contribution in [2.24, 2.45) is 0 Å². The van der Waals surface area contributed by atoms with E-state index in [9.17, 15) is 14.4 Å². The normalized spacial score (nSPS) is 10.0. The first-order valence-electron chi connectivity index (χ1n) is 9.20. The van der Waals surface area contributed by atoms with Crippen LogP contribution in [0.3, 0.4) is 0 Å². The molecule has 2 N–H and O–H groups in total. The average Bonchev–Trinajstić information content (AvgIpc) is 2.81. The molecule has 152 valence electrons. The second-order valence-electron chi connectivity index (χ2n) is 6.20. The summed E-state index contributed by atoms with van der Waals surface area (Å²) in [5, 5.41) is 0. The average molecular weight is 404 g/mol. The molecule has 0 saturated heterocycles. The van der Waals surface area contributed by atoms with E-state index >= 15 is 0 Å². The Labute approximate surface area is 173 Å². The highest BCUT2D eigenvalue weighted by Gasteiger charge is 2.15. The molecule has 0 saturated carbocycles. The van der Waals surface area contributed by atoms with Gasteiger partial charge in [0.1, 0.15) is 12.4 Å². The molecule has 3 rings (SSSR count). The molecule has 3 aromatic rings. The summed E-state index contributed by atoms with van der Waals surface area (Å²) in [4.78, 5) is 36.2. The number of hydrazine groups is 1. The van der Waals surface area contributed by atoms with Gasteiger partial charge in [-0.25, -0.2) is 4.79 Å². The van der Waals surface area contributed by atoms with E-state index in [2.05, 4.69) is 10.9 Å². The van der Waals surface area contributed by atoms with Gasteiger partial charge in [0.2, 0.25) is 0 Å². The van der Waals surface area contributed by atoms with Crippen LogP contribution in [-0.2, 0) is 16.1 Å². The van der Waals surface area contributed by atoms with E-state index in [0.29, 0.717) is 22.4 Å². The fourth-order valence-corrected chi connectivity index (χ4v) is 2.56. The lowest BCUT2D eigenvalue weighted by Gasteiger charge is -2.11. The van der Waals surface area contributed by atoms with Gasteiger partial charge in [-0.3, -0.25) is 20.4 Å². The first-order chi connectivity index (χ1) is 14.6. The van der Waals surface area contributed by atoms with Gasteiger partial charge in [0, 0.05) is 11.1 Å². The van der Waals surface area contributed by atoms with Crippen molar-refractivity contribution < 1.29 is 23.9 Å². The number of hydrogen-bond acceptors (Lipinski definition) is 5. The van der Waals surface area contributed by atoms with Gasteiger partial charge in [0.05, 0.1) is 5.56 Å². The third-order valence-electron chi connectivity index (χ3n) is 4.06. The summed E-state index contributed by atoms with van der Waals surface area (Å²) in [6.45, 7) is -0.365. The molecule has 0 heterocycles. The van der Waals surface area contributed by atoms with Gasteiger partial charge in [0.15, 0.2) is 6.61 Å². The van der Waals surface area contributed by atoms with Crippen molar-refractivity contribution in [1.82, 2.24) is 10.9 Å². The number of para-hydroxylation sites is 1. The fraction of sp³-hybridized carbons (Fsp3) is 0.0870. The smallest absolute Gasteiger partial charge is 0.339 e. The third kappa shape index (κ3) is 5.93. The first-order valence-corrected chi connectivity index (χ1v) is 9.20. The second kappa shape index (κ2) is 10.4. The standard InChI is InChI=1S/C23H20N2O5/c26-21(24-25-22(27)17-9-3-1-4-10-17)16-30-23(28)20-14-8-7-11-18(20)15-29-19-12-5-2-6-13-19/h1-14H,15-16H2,(H,24,26)(H,25,27). The summed E-state index contributed by atoms with van der Waals surface area (Å²) in [6.07, 6.45) is 0. The van der Waals surface area contributed by atoms with Crippen LogP contribution in [0.25, 0.3) is 0 Å². The summed E-state index contributed by atoms with van der Waals surface area (Å²) >= 11 is 0. The maximum Gasteiger partial charge on any atom is 0.339 e. The predicted molar refractivity (Wildman–Crippen MR) is 110 cm³/mol. The summed E-state index contributed by atoms with van der Waals surface area (Å²) in [7, 11) is 0. The van der Waals surface area contributed by atoms with Crippen molar-refractivity contribution in [3.8, 4) is 5.75 Å². The van der Waals surface area contributed by atoms with E-state index in [0.717, 1.165) is 0 Å². The fourth-order valence-electron chi connectivity index (χ4n) is 2.56. The molecule has 7 nitrogen and oxygen atoms in total. The highest BCUT2D eigenvalue weighted by molar-refractivity contribution is 5.96. The van der Waals surface area contributed by atoms with E-state index in [1.807, 2.05) is 30.3 Å². The number of amides is 2. The molecule has 0 aliphatic heterocycles. The molecule has 0 unspecified atom stereocenters. The number of benzene rings is 3. The maximum absolute atomic E-state index is 12.4. The second-order valence-corrected chi connectivity index (χ2v) is 6.20. The zero-order valence-corrected chi connectivity index (χ0v) is 16.0. The zero-order chi connectivity index (χ0) is 21.2. The van der Waals surface area contributed by atoms with Crippen LogP contribution in [0.2, 0.25) is 0 Å². The molecule has 0 spiro atoms. The molecule has 0 fully saturated rings. The van der Waals surface area contributed by atoms with Crippen LogP contribution in [0.15, 0.2) is 84.9 Å². The number of esters is 1. The van der Waals surface area contributed by atoms with Gasteiger partial charge in [-0.05, 0) is 30.3 Å². The van der Waals surface area contributed by atoms with Gasteiger partial charge in [-0.15, -0.1) is 0 Å². The van der Waals surface area contributed by atoms with Crippen LogP contribution in [0.4, 0.5) is 0 Å². The highest BCUT2D eigenvalue weighted by atomic mass is 16.5. The Morgan fingerprint density at radius 3 is 2.10 bits per heavy atom. The van der Waals surface area contributed by atoms with E-state index in [4.69, 9.17) is 9.47 Å². The highest BCUT2D eigenvalue weighted by Crippen LogP contribution is 2.15. The molecule has 0 aromatic heterocycles. The molecule has 3 aromatic carbocycles. The number of carbonyl (C=O) groups is 3. The minimum atomic E-state index is -0.661. The zero-order valence-electron chi connectivity index (χ0n) is 16.0. The minimum absolute atomic E-state index is 0.175. The maximum atomic E-state index is 12.4. The predicted octanol–water partition coefficient (Wildman–Crippen LogP) is 2.88. The monoisotopic (exact) mass is 404 g/mol. The summed E-state index contributed by atoms with van der Waals surface area (Å²) in [5.41, 5.74) is 5.79. The van der Waals surface area contributed by atoms with Crippen molar-refractivity contribution in [1.29, 1.82) is 0 Å². The largest absolute Gasteiger partial charge is 0.489 e. The van der Waals surface area contributed by atoms with E-state index in [1.165, 1.54) is 0 Å². The van der Waals surface area contributed by atoms with Crippen molar-refractivity contribution in [2.75, 3.05) is 6.61 Å². The van der Waals surface area contributed by atoms with E-state index in [1.54, 1.807) is 54.6 Å². The van der Waals surface area contributed by atoms with Crippen LogP contribution in [0.5, 0.6) is 5.75 Å². The Hall–Kier alpha value is -4.13. The summed E-state index contributed by atoms with van der Waals surface area (Å²) < 4.78 is 10.7. The molecular weight excluding hydrogens is 384 g/mol. The quantitative estimate of drug-likeness (QED) is 0.467. The van der Waals surface area contributed by atoms with Crippen molar-refractivity contribution in [3.63, 3.8) is 0 Å². The van der Waals surface area contributed by atoms with Crippen LogP contribution >= 0.6 is 0 Å². The van der Waals surface area contributed by atoms with Gasteiger partial charge < -0.3 is 9.47 Å². The molecule has 0 aliphatic rings. The molecule has 0 aliphatic carbocycles. The lowest BCUT2D eigenvalue weighted by molar-refractivity contribution is -0.125. The van der Waals surface area contributed by atoms with Crippen molar-refractivity contribution >= 4 is 17.8 Å². The van der Waals surface area contributed by atoms with Crippen LogP contribution in [0, 0.1) is 0 Å². The Morgan fingerprint density at radius 1 is 0.733 bits per heavy atom. The summed E-state index contributed by atoms with van der Waals surface area (Å²) in [5.74, 6) is -1.12. The van der Waals surface area contributed by atoms with Gasteiger partial charge >= 0.3 is 5.97 Å². The molecule has 30 heavy (non-hydrogen) atoms. The van der Waals surface area contributed by atoms with Gasteiger partial charge in [-0.1, -0.05) is 54.6 Å². The molecule has 0 atom stereocenters. The Bertz CT molecular complexity index is 1010. The van der Waals surface area contributed by atoms with Crippen LogP contribution < -0.4 is 15.6 Å². The lowest BCUT2D eigenvalue weighted by Crippen LogP contribution is -2.43. The van der Waals surface area contributed by atoms with Crippen molar-refractivity contribution in [2.45, 2.75) is 6.61 Å². The number of nitrogens with one attached hydrogen (secondary N) is 2. The number of rotatable bonds is 7. The van der Waals surface area contributed by atoms with E-state index in [-0.39, 0.29) is 6.61 Å². The first kappa shape index (κ1) is 20.6. The number of hydrogen-bond donors (Lipinski definition) is 2. The van der Waals surface area contributed by atoms with E-state index < -0.39 is 24.4 Å². The molecule has 0 bridgehead atoms. The topological polar surface area (TPSA) is 93.7 Å². The SMILES string of the molecule is O=C(COC(=O)c1ccccc1COc1ccccc1)NNC(=O)c1ccccc1. The van der Waals surface area contributed by atoms with Gasteiger partial charge in [-0.2, -0.15) is 0 Å². The number of carbonyl (C=O) groups excluding carboxylic acids is 3. The number of ether oxygens (including phenoxy) is 2. The molecule has 0 radical (unpaired) electrons. The summed E-state index contributed by atoms with van der Waals surface area (Å²) in [6, 6.07) is 24.4. The van der Waals surface area contributed by atoms with Crippen LogP contribution in [0.1, 0.15) is 26.3 Å². The van der Waals surface area contributed by atoms with Crippen LogP contribution in [-0.4, -0.2) is 24.4 Å². The van der Waals surface area contributed by atoms with Crippen molar-refractivity contribution in [3.05, 3.63) is 102 Å². The van der Waals surface area contributed by atoms with Gasteiger partial charge in [0.25, 0.3) is 11.8 Å². The molecule has 2 amide bonds. The molecular formula is C23H20N2O5. The lowest BCUT2D eigenvalue weighted by atomic mass is 10.1. The molecule has 7 heteroatoms. The third-order valence-corrected chi connectivity index (χ3v) is 4.06. The minimum Gasteiger partial charge on any atom is -0.489 e.